The Morgan fingerprint density at radius 3 is 2.33 bits per heavy atom. The van der Waals surface area contributed by atoms with Crippen molar-refractivity contribution in [3.8, 4) is 0 Å². The summed E-state index contributed by atoms with van der Waals surface area (Å²) in [6.07, 6.45) is 2.39. The fourth-order valence-corrected chi connectivity index (χ4v) is 1.75. The van der Waals surface area contributed by atoms with Crippen LogP contribution in [0, 0.1) is 5.92 Å². The summed E-state index contributed by atoms with van der Waals surface area (Å²) in [7, 11) is 2.11. The molecule has 1 fully saturated rings. The van der Waals surface area contributed by atoms with Gasteiger partial charge in [0, 0.05) is 31.5 Å². The highest BCUT2D eigenvalue weighted by Crippen LogP contribution is 2.17. The van der Waals surface area contributed by atoms with Crippen molar-refractivity contribution < 1.29 is 0 Å². The maximum atomic E-state index is 4.12. The van der Waals surface area contributed by atoms with Crippen LogP contribution in [0.25, 0.3) is 0 Å². The van der Waals surface area contributed by atoms with Crippen molar-refractivity contribution in [1.29, 1.82) is 0 Å². The minimum atomic E-state index is 0.678. The van der Waals surface area contributed by atoms with Gasteiger partial charge in [-0.1, -0.05) is 27.0 Å². The van der Waals surface area contributed by atoms with E-state index in [-0.39, 0.29) is 0 Å². The molecule has 1 rings (SSSR count). The van der Waals surface area contributed by atoms with Crippen molar-refractivity contribution in [2.24, 2.45) is 5.92 Å². The van der Waals surface area contributed by atoms with E-state index >= 15 is 0 Å². The van der Waals surface area contributed by atoms with Crippen LogP contribution in [0.4, 0.5) is 0 Å². The van der Waals surface area contributed by atoms with Gasteiger partial charge in [-0.3, -0.25) is 0 Å². The summed E-state index contributed by atoms with van der Waals surface area (Å²) in [5, 5.41) is 0. The van der Waals surface area contributed by atoms with Gasteiger partial charge in [0.15, 0.2) is 0 Å². The summed E-state index contributed by atoms with van der Waals surface area (Å²) in [6, 6.07) is 0. The maximum absolute atomic E-state index is 4.12. The van der Waals surface area contributed by atoms with Crippen LogP contribution >= 0.6 is 0 Å². The zero-order chi connectivity index (χ0) is 11.4. The first-order valence-corrected chi connectivity index (χ1v) is 5.82. The average molecular weight is 208 g/mol. The van der Waals surface area contributed by atoms with E-state index in [4.69, 9.17) is 0 Å². The van der Waals surface area contributed by atoms with Crippen LogP contribution in [0.5, 0.6) is 0 Å². The van der Waals surface area contributed by atoms with E-state index in [9.17, 15) is 0 Å². The smallest absolute Gasteiger partial charge is 0.0566 e. The summed E-state index contributed by atoms with van der Waals surface area (Å²) in [5.41, 5.74) is 2.44. The van der Waals surface area contributed by atoms with E-state index in [2.05, 4.69) is 43.9 Å². The van der Waals surface area contributed by atoms with Crippen LogP contribution in [0.2, 0.25) is 0 Å². The van der Waals surface area contributed by atoms with E-state index in [0.717, 1.165) is 13.0 Å². The van der Waals surface area contributed by atoms with Gasteiger partial charge in [-0.2, -0.15) is 0 Å². The van der Waals surface area contributed by atoms with Crippen LogP contribution < -0.4 is 0 Å². The minimum Gasteiger partial charge on any atom is -0.374 e. The van der Waals surface area contributed by atoms with Gasteiger partial charge in [-0.25, -0.2) is 0 Å². The third kappa shape index (κ3) is 3.61. The lowest BCUT2D eigenvalue weighted by Crippen LogP contribution is -2.39. The molecule has 15 heavy (non-hydrogen) atoms. The predicted octanol–water partition coefficient (Wildman–Crippen LogP) is 2.70. The summed E-state index contributed by atoms with van der Waals surface area (Å²) in [6.45, 7) is 16.0. The van der Waals surface area contributed by atoms with Gasteiger partial charge in [0.05, 0.1) is 6.54 Å². The first-order chi connectivity index (χ1) is 7.00. The quantitative estimate of drug-likeness (QED) is 0.662. The number of likely N-dealkylation sites (N-methyl/N-ethyl adjacent to an activating group) is 1. The van der Waals surface area contributed by atoms with Crippen LogP contribution in [0.1, 0.15) is 26.7 Å². The van der Waals surface area contributed by atoms with E-state index in [1.54, 1.807) is 0 Å². The highest BCUT2D eigenvalue weighted by atomic mass is 15.2. The van der Waals surface area contributed by atoms with Gasteiger partial charge < -0.3 is 9.80 Å². The lowest BCUT2D eigenvalue weighted by Gasteiger charge is -2.37. The average Bonchev–Trinajstić information content (AvgIpc) is 1.98. The molecule has 1 aliphatic rings. The lowest BCUT2D eigenvalue weighted by molar-refractivity contribution is 0.218. The summed E-state index contributed by atoms with van der Waals surface area (Å²) >= 11 is 0. The lowest BCUT2D eigenvalue weighted by atomic mass is 10.1. The standard InChI is InChI=1S/C13H24N2/c1-11(2)9-12(3)14(5)10-13(4)15-7-6-8-15/h11H,3-4,6-10H2,1-2,5H3. The Labute approximate surface area is 94.3 Å². The van der Waals surface area contributed by atoms with Crippen molar-refractivity contribution in [1.82, 2.24) is 9.80 Å². The normalized spacial score (nSPS) is 15.1. The summed E-state index contributed by atoms with van der Waals surface area (Å²) in [4.78, 5) is 4.57. The van der Waals surface area contributed by atoms with Gasteiger partial charge in [-0.05, 0) is 18.8 Å². The Kier molecular flexibility index (Phi) is 4.25. The van der Waals surface area contributed by atoms with Gasteiger partial charge in [0.2, 0.25) is 0 Å². The van der Waals surface area contributed by atoms with Gasteiger partial charge in [-0.15, -0.1) is 0 Å². The second kappa shape index (κ2) is 5.24. The Morgan fingerprint density at radius 1 is 1.33 bits per heavy atom. The molecule has 0 bridgehead atoms. The summed E-state index contributed by atoms with van der Waals surface area (Å²) < 4.78 is 0. The minimum absolute atomic E-state index is 0.678. The molecule has 0 saturated carbocycles. The highest BCUT2D eigenvalue weighted by molar-refractivity contribution is 5.04. The molecule has 0 spiro atoms. The molecule has 0 atom stereocenters. The monoisotopic (exact) mass is 208 g/mol. The van der Waals surface area contributed by atoms with Gasteiger partial charge in [0.25, 0.3) is 0 Å². The fraction of sp³-hybridized carbons (Fsp3) is 0.692. The number of nitrogens with zero attached hydrogens (tertiary/aromatic N) is 2. The molecular weight excluding hydrogens is 184 g/mol. The summed E-state index contributed by atoms with van der Waals surface area (Å²) in [5.74, 6) is 0.678. The largest absolute Gasteiger partial charge is 0.374 e. The molecule has 1 saturated heterocycles. The van der Waals surface area contributed by atoms with Crippen molar-refractivity contribution in [2.45, 2.75) is 26.7 Å². The molecule has 0 N–H and O–H groups in total. The molecular formula is C13H24N2. The Bertz CT molecular complexity index is 239. The molecule has 1 aliphatic heterocycles. The second-order valence-electron chi connectivity index (χ2n) is 4.93. The van der Waals surface area contributed by atoms with Crippen LogP contribution in [0.3, 0.4) is 0 Å². The van der Waals surface area contributed by atoms with Crippen molar-refractivity contribution >= 4 is 0 Å². The Morgan fingerprint density at radius 2 is 1.93 bits per heavy atom. The third-order valence-corrected chi connectivity index (χ3v) is 2.91. The number of likely N-dealkylation sites (tertiary alicyclic amines) is 1. The van der Waals surface area contributed by atoms with E-state index in [1.165, 1.54) is 30.9 Å². The molecule has 0 aromatic carbocycles. The zero-order valence-corrected chi connectivity index (χ0v) is 10.4. The van der Waals surface area contributed by atoms with Crippen LogP contribution in [-0.4, -0.2) is 36.5 Å². The molecule has 0 aromatic heterocycles. The molecule has 0 aliphatic carbocycles. The Balaban J connectivity index is 2.30. The fourth-order valence-electron chi connectivity index (χ4n) is 1.75. The van der Waals surface area contributed by atoms with Crippen LogP contribution in [0.15, 0.2) is 24.6 Å². The predicted molar refractivity (Wildman–Crippen MR) is 66.6 cm³/mol. The van der Waals surface area contributed by atoms with E-state index < -0.39 is 0 Å². The van der Waals surface area contributed by atoms with Crippen molar-refractivity contribution in [3.63, 3.8) is 0 Å². The van der Waals surface area contributed by atoms with E-state index in [1.807, 2.05) is 0 Å². The number of allylic oxidation sites excluding steroid dienone is 1. The Hall–Kier alpha value is -0.920. The van der Waals surface area contributed by atoms with Crippen molar-refractivity contribution in [2.75, 3.05) is 26.7 Å². The molecule has 1 heterocycles. The number of hydrogen-bond acceptors (Lipinski definition) is 2. The SMILES string of the molecule is C=C(CC(C)C)N(C)CC(=C)N1CCC1. The highest BCUT2D eigenvalue weighted by Gasteiger charge is 2.16. The molecule has 0 aromatic rings. The number of hydrogen-bond donors (Lipinski definition) is 0. The molecule has 0 amide bonds. The molecule has 86 valence electrons. The van der Waals surface area contributed by atoms with Crippen molar-refractivity contribution in [3.05, 3.63) is 24.6 Å². The van der Waals surface area contributed by atoms with Crippen LogP contribution in [-0.2, 0) is 0 Å². The van der Waals surface area contributed by atoms with Gasteiger partial charge in [0.1, 0.15) is 0 Å². The number of rotatable bonds is 6. The molecule has 2 heteroatoms. The molecule has 0 radical (unpaired) electrons. The van der Waals surface area contributed by atoms with Gasteiger partial charge >= 0.3 is 0 Å². The van der Waals surface area contributed by atoms with E-state index in [0.29, 0.717) is 5.92 Å². The zero-order valence-electron chi connectivity index (χ0n) is 10.4. The third-order valence-electron chi connectivity index (χ3n) is 2.91. The first-order valence-electron chi connectivity index (χ1n) is 5.82. The second-order valence-corrected chi connectivity index (χ2v) is 4.93. The maximum Gasteiger partial charge on any atom is 0.0566 e. The first kappa shape index (κ1) is 12.2. The topological polar surface area (TPSA) is 6.48 Å². The molecule has 2 nitrogen and oxygen atoms in total. The molecule has 0 unspecified atom stereocenters.